The van der Waals surface area contributed by atoms with Crippen molar-refractivity contribution in [2.45, 2.75) is 51.2 Å². The molecule has 0 unspecified atom stereocenters. The van der Waals surface area contributed by atoms with E-state index in [0.29, 0.717) is 23.9 Å². The molecular weight excluding hydrogens is 242 g/mol. The third-order valence-corrected chi connectivity index (χ3v) is 3.18. The molecule has 0 atom stereocenters. The minimum atomic E-state index is -0.575. The summed E-state index contributed by atoms with van der Waals surface area (Å²) in [5.41, 5.74) is 5.45. The van der Waals surface area contributed by atoms with Gasteiger partial charge in [0.1, 0.15) is 11.4 Å². The highest BCUT2D eigenvalue weighted by atomic mass is 16.5. The van der Waals surface area contributed by atoms with Crippen molar-refractivity contribution in [2.75, 3.05) is 17.6 Å². The molecule has 5 heteroatoms. The van der Waals surface area contributed by atoms with E-state index in [1.807, 2.05) is 20.8 Å². The minimum Gasteiger partial charge on any atom is -0.470 e. The van der Waals surface area contributed by atoms with Crippen molar-refractivity contribution in [2.24, 2.45) is 0 Å². The maximum Gasteiger partial charge on any atom is 0.239 e. The molecule has 5 nitrogen and oxygen atoms in total. The van der Waals surface area contributed by atoms with E-state index >= 15 is 0 Å². The third-order valence-electron chi connectivity index (χ3n) is 3.18. The molecule has 1 aromatic heterocycles. The standard InChI is InChI=1S/C14H23N3O2/c1-13(2,3)19-12-10(15)5-6-11(17-12)16-9-14(18)7-4-8-14/h5-6,18H,4,7-9,15H2,1-3H3,(H,16,17). The quantitative estimate of drug-likeness (QED) is 0.777. The number of nitrogens with two attached hydrogens (primary N) is 1. The molecule has 0 radical (unpaired) electrons. The van der Waals surface area contributed by atoms with E-state index in [1.54, 1.807) is 12.1 Å². The lowest BCUT2D eigenvalue weighted by Gasteiger charge is -2.36. The van der Waals surface area contributed by atoms with Gasteiger partial charge < -0.3 is 20.9 Å². The van der Waals surface area contributed by atoms with Crippen LogP contribution in [0.25, 0.3) is 0 Å². The van der Waals surface area contributed by atoms with Gasteiger partial charge in [-0.05, 0) is 52.2 Å². The SMILES string of the molecule is CC(C)(C)Oc1nc(NCC2(O)CCC2)ccc1N. The van der Waals surface area contributed by atoms with E-state index in [2.05, 4.69) is 10.3 Å². The number of pyridine rings is 1. The molecule has 0 saturated heterocycles. The first-order valence-corrected chi connectivity index (χ1v) is 6.69. The Bertz CT molecular complexity index is 450. The van der Waals surface area contributed by atoms with Crippen LogP contribution < -0.4 is 15.8 Å². The Labute approximate surface area is 114 Å². The van der Waals surface area contributed by atoms with Gasteiger partial charge >= 0.3 is 0 Å². The van der Waals surface area contributed by atoms with Crippen LogP contribution >= 0.6 is 0 Å². The van der Waals surface area contributed by atoms with Gasteiger partial charge in [-0.2, -0.15) is 4.98 Å². The van der Waals surface area contributed by atoms with Crippen LogP contribution in [0, 0.1) is 0 Å². The summed E-state index contributed by atoms with van der Waals surface area (Å²) in [4.78, 5) is 4.35. The van der Waals surface area contributed by atoms with Gasteiger partial charge in [-0.1, -0.05) is 0 Å². The van der Waals surface area contributed by atoms with E-state index < -0.39 is 5.60 Å². The van der Waals surface area contributed by atoms with Gasteiger partial charge in [-0.25, -0.2) is 0 Å². The van der Waals surface area contributed by atoms with Crippen LogP contribution in [-0.2, 0) is 0 Å². The predicted molar refractivity (Wildman–Crippen MR) is 76.3 cm³/mol. The zero-order valence-electron chi connectivity index (χ0n) is 11.9. The maximum atomic E-state index is 10.0. The summed E-state index contributed by atoms with van der Waals surface area (Å²) in [6.45, 7) is 6.36. The summed E-state index contributed by atoms with van der Waals surface area (Å²) >= 11 is 0. The van der Waals surface area contributed by atoms with Gasteiger partial charge in [-0.15, -0.1) is 0 Å². The Hall–Kier alpha value is -1.49. The molecule has 1 fully saturated rings. The van der Waals surface area contributed by atoms with Gasteiger partial charge in [0.25, 0.3) is 0 Å². The fourth-order valence-corrected chi connectivity index (χ4v) is 1.94. The number of rotatable bonds is 4. The highest BCUT2D eigenvalue weighted by molar-refractivity contribution is 5.53. The van der Waals surface area contributed by atoms with Crippen molar-refractivity contribution < 1.29 is 9.84 Å². The van der Waals surface area contributed by atoms with Gasteiger partial charge in [-0.3, -0.25) is 0 Å². The molecule has 19 heavy (non-hydrogen) atoms. The number of anilines is 2. The summed E-state index contributed by atoms with van der Waals surface area (Å²) in [6, 6.07) is 3.56. The van der Waals surface area contributed by atoms with Crippen molar-refractivity contribution in [3.05, 3.63) is 12.1 Å². The summed E-state index contributed by atoms with van der Waals surface area (Å²) in [6.07, 6.45) is 2.78. The molecule has 2 rings (SSSR count). The van der Waals surface area contributed by atoms with Crippen molar-refractivity contribution >= 4 is 11.5 Å². The highest BCUT2D eigenvalue weighted by Crippen LogP contribution is 2.32. The molecule has 1 aliphatic rings. The monoisotopic (exact) mass is 265 g/mol. The van der Waals surface area contributed by atoms with E-state index in [9.17, 15) is 5.11 Å². The van der Waals surface area contributed by atoms with Crippen molar-refractivity contribution in [3.63, 3.8) is 0 Å². The van der Waals surface area contributed by atoms with Crippen LogP contribution in [0.3, 0.4) is 0 Å². The van der Waals surface area contributed by atoms with Crippen molar-refractivity contribution in [1.82, 2.24) is 4.98 Å². The number of nitrogens with zero attached hydrogens (tertiary/aromatic N) is 1. The molecule has 1 saturated carbocycles. The first kappa shape index (κ1) is 13.9. The smallest absolute Gasteiger partial charge is 0.239 e. The number of aromatic nitrogens is 1. The Morgan fingerprint density at radius 2 is 2.11 bits per heavy atom. The number of hydrogen-bond donors (Lipinski definition) is 3. The predicted octanol–water partition coefficient (Wildman–Crippen LogP) is 2.17. The number of ether oxygens (including phenoxy) is 1. The van der Waals surface area contributed by atoms with E-state index in [4.69, 9.17) is 10.5 Å². The summed E-state index contributed by atoms with van der Waals surface area (Å²) in [5.74, 6) is 1.10. The Kier molecular flexibility index (Phi) is 3.58. The molecule has 0 aromatic carbocycles. The van der Waals surface area contributed by atoms with Crippen LogP contribution in [0.1, 0.15) is 40.0 Å². The zero-order valence-corrected chi connectivity index (χ0v) is 11.9. The van der Waals surface area contributed by atoms with Gasteiger partial charge in [0.2, 0.25) is 5.88 Å². The molecule has 0 spiro atoms. The lowest BCUT2D eigenvalue weighted by molar-refractivity contribution is -0.0202. The van der Waals surface area contributed by atoms with Crippen LogP contribution in [0.2, 0.25) is 0 Å². The van der Waals surface area contributed by atoms with Crippen molar-refractivity contribution in [3.8, 4) is 5.88 Å². The van der Waals surface area contributed by atoms with E-state index in [-0.39, 0.29) is 5.60 Å². The second-order valence-electron chi connectivity index (χ2n) is 6.24. The average molecular weight is 265 g/mol. The number of nitrogen functional groups attached to an aromatic ring is 1. The molecule has 1 aliphatic carbocycles. The molecule has 0 bridgehead atoms. The average Bonchev–Trinajstić information content (AvgIpc) is 2.26. The minimum absolute atomic E-state index is 0.341. The van der Waals surface area contributed by atoms with Crippen molar-refractivity contribution in [1.29, 1.82) is 0 Å². The molecule has 106 valence electrons. The fourth-order valence-electron chi connectivity index (χ4n) is 1.94. The van der Waals surface area contributed by atoms with Gasteiger partial charge in [0.05, 0.1) is 11.3 Å². The number of aliphatic hydroxyl groups is 1. The summed E-state index contributed by atoms with van der Waals surface area (Å²) in [5, 5.41) is 13.2. The van der Waals surface area contributed by atoms with E-state index in [1.165, 1.54) is 0 Å². The highest BCUT2D eigenvalue weighted by Gasteiger charge is 2.34. The summed E-state index contributed by atoms with van der Waals surface area (Å²) in [7, 11) is 0. The Morgan fingerprint density at radius 1 is 1.42 bits per heavy atom. The second-order valence-corrected chi connectivity index (χ2v) is 6.24. The molecule has 0 aliphatic heterocycles. The molecule has 4 N–H and O–H groups in total. The van der Waals surface area contributed by atoms with Gasteiger partial charge in [0, 0.05) is 6.54 Å². The molecule has 0 amide bonds. The normalized spacial score (nSPS) is 17.7. The Morgan fingerprint density at radius 3 is 2.63 bits per heavy atom. The zero-order chi connectivity index (χ0) is 14.1. The first-order valence-electron chi connectivity index (χ1n) is 6.69. The lowest BCUT2D eigenvalue weighted by atomic mass is 9.80. The van der Waals surface area contributed by atoms with Crippen LogP contribution in [-0.4, -0.2) is 27.8 Å². The fraction of sp³-hybridized carbons (Fsp3) is 0.643. The van der Waals surface area contributed by atoms with E-state index in [0.717, 1.165) is 19.3 Å². The lowest BCUT2D eigenvalue weighted by Crippen LogP contribution is -2.43. The number of nitrogens with one attached hydrogen (secondary N) is 1. The Balaban J connectivity index is 2.03. The van der Waals surface area contributed by atoms with Crippen LogP contribution in [0.5, 0.6) is 5.88 Å². The maximum absolute atomic E-state index is 10.0. The second kappa shape index (κ2) is 4.89. The van der Waals surface area contributed by atoms with Gasteiger partial charge in [0.15, 0.2) is 0 Å². The van der Waals surface area contributed by atoms with Crippen LogP contribution in [0.15, 0.2) is 12.1 Å². The molecule has 1 aromatic rings. The third kappa shape index (κ3) is 3.73. The summed E-state index contributed by atoms with van der Waals surface area (Å²) < 4.78 is 5.71. The topological polar surface area (TPSA) is 80.4 Å². The first-order chi connectivity index (χ1) is 8.77. The molecular formula is C14H23N3O2. The number of hydrogen-bond acceptors (Lipinski definition) is 5. The largest absolute Gasteiger partial charge is 0.470 e. The van der Waals surface area contributed by atoms with Crippen LogP contribution in [0.4, 0.5) is 11.5 Å². The molecule has 1 heterocycles.